The van der Waals surface area contributed by atoms with Crippen LogP contribution in [0.1, 0.15) is 81.4 Å². The molecule has 1 aliphatic heterocycles. The molecule has 1 N–H and O–H groups in total. The van der Waals surface area contributed by atoms with E-state index < -0.39 is 18.4 Å². The molecule has 1 aromatic carbocycles. The van der Waals surface area contributed by atoms with Crippen LogP contribution in [0.2, 0.25) is 13.3 Å². The van der Waals surface area contributed by atoms with Gasteiger partial charge >= 0.3 is 217 Å². The molecule has 1 saturated heterocycles. The first-order chi connectivity index (χ1) is 16.1. The van der Waals surface area contributed by atoms with Crippen LogP contribution in [0.15, 0.2) is 18.2 Å². The number of aliphatic hydroxyl groups is 1. The zero-order valence-corrected chi connectivity index (χ0v) is 26.1. The summed E-state index contributed by atoms with van der Waals surface area (Å²) < 4.78 is 17.8. The maximum atomic E-state index is 10.3. The number of benzene rings is 1. The first kappa shape index (κ1) is 29.3. The van der Waals surface area contributed by atoms with E-state index in [0.717, 1.165) is 11.5 Å². The number of methoxy groups -OCH3 is 2. The summed E-state index contributed by atoms with van der Waals surface area (Å²) in [6, 6.07) is 4.33. The topological polar surface area (TPSA) is 38.7 Å². The number of aliphatic hydroxyl groups excluding tert-OH is 1. The molecule has 2 rings (SSSR count). The second-order valence-electron chi connectivity index (χ2n) is 9.11. The summed E-state index contributed by atoms with van der Waals surface area (Å²) in [7, 11) is 3.54. The van der Waals surface area contributed by atoms with Gasteiger partial charge in [0.05, 0.1) is 0 Å². The Morgan fingerprint density at radius 3 is 2.00 bits per heavy atom. The van der Waals surface area contributed by atoms with Crippen LogP contribution in [0.25, 0.3) is 3.59 Å². The minimum atomic E-state index is -2.84. The van der Waals surface area contributed by atoms with E-state index in [-0.39, 0.29) is 6.61 Å². The van der Waals surface area contributed by atoms with Crippen molar-refractivity contribution in [1.82, 2.24) is 0 Å². The fraction of sp³-hybridized carbons (Fsp3) is 0.704. The SMILES string of the molecule is CCC[CH2][Sn]([CH2]CCC)([CH2]CCC)/[C](=C/CO)c1c(OC)cc(OC)cc1C1SCCCS1. The van der Waals surface area contributed by atoms with Gasteiger partial charge < -0.3 is 0 Å². The molecule has 0 bridgehead atoms. The number of unbranched alkanes of at least 4 members (excludes halogenated alkanes) is 3. The summed E-state index contributed by atoms with van der Waals surface area (Å²) in [5.74, 6) is 4.20. The summed E-state index contributed by atoms with van der Waals surface area (Å²) in [6.45, 7) is 7.07. The molecule has 33 heavy (non-hydrogen) atoms. The van der Waals surface area contributed by atoms with Gasteiger partial charge in [0.15, 0.2) is 0 Å². The van der Waals surface area contributed by atoms with Crippen molar-refractivity contribution in [2.24, 2.45) is 0 Å². The number of hydrogen-bond donors (Lipinski definition) is 1. The first-order valence-corrected chi connectivity index (χ1v) is 22.5. The van der Waals surface area contributed by atoms with E-state index in [1.807, 2.05) is 0 Å². The van der Waals surface area contributed by atoms with Gasteiger partial charge in [0, 0.05) is 0 Å². The molecule has 0 atom stereocenters. The summed E-state index contributed by atoms with van der Waals surface area (Å²) >= 11 is 1.27. The van der Waals surface area contributed by atoms with Crippen LogP contribution in [-0.2, 0) is 0 Å². The molecule has 0 spiro atoms. The number of ether oxygens (including phenoxy) is 2. The van der Waals surface area contributed by atoms with Crippen LogP contribution in [-0.4, -0.2) is 55.8 Å². The number of hydrogen-bond acceptors (Lipinski definition) is 5. The molecular weight excluding hydrogens is 555 g/mol. The standard InChI is InChI=1S/C15H19O3S2.3C4H9.Sn/c1-17-11-9-13(15-19-7-4-8-20-15)12(5-3-6-16)14(10-11)18-2;3*1-3-4-2;/h3,9-10,15-16H,4,6-8H2,1-2H3;3*1,3-4H2,2H3;. The molecule has 0 saturated carbocycles. The van der Waals surface area contributed by atoms with Gasteiger partial charge in [0.2, 0.25) is 0 Å². The summed E-state index contributed by atoms with van der Waals surface area (Å²) in [6.07, 6.45) is 11.1. The molecule has 6 heteroatoms. The molecule has 0 aromatic heterocycles. The molecule has 0 amide bonds. The quantitative estimate of drug-likeness (QED) is 0.205. The zero-order valence-electron chi connectivity index (χ0n) is 21.6. The van der Waals surface area contributed by atoms with E-state index in [4.69, 9.17) is 9.47 Å². The van der Waals surface area contributed by atoms with Crippen molar-refractivity contribution < 1.29 is 14.6 Å². The number of thioether (sulfide) groups is 2. The molecule has 1 aliphatic rings. The third kappa shape index (κ3) is 8.01. The maximum absolute atomic E-state index is 10.3. The predicted octanol–water partition coefficient (Wildman–Crippen LogP) is 8.34. The minimum absolute atomic E-state index is 0.109. The van der Waals surface area contributed by atoms with E-state index in [1.54, 1.807) is 14.2 Å². The summed E-state index contributed by atoms with van der Waals surface area (Å²) in [4.78, 5) is 0. The summed E-state index contributed by atoms with van der Waals surface area (Å²) in [5.41, 5.74) is 2.66. The van der Waals surface area contributed by atoms with Gasteiger partial charge in [-0.15, -0.1) is 0 Å². The molecule has 0 aliphatic carbocycles. The Labute approximate surface area is 215 Å². The molecule has 3 nitrogen and oxygen atoms in total. The Balaban J connectivity index is 2.76. The third-order valence-electron chi connectivity index (χ3n) is 6.81. The molecule has 1 aromatic rings. The van der Waals surface area contributed by atoms with Crippen molar-refractivity contribution in [1.29, 1.82) is 0 Å². The summed E-state index contributed by atoms with van der Waals surface area (Å²) in [5, 5.41) is 10.3. The fourth-order valence-corrected chi connectivity index (χ4v) is 25.0. The van der Waals surface area contributed by atoms with Crippen molar-refractivity contribution in [3.63, 3.8) is 0 Å². The van der Waals surface area contributed by atoms with Gasteiger partial charge in [0.1, 0.15) is 0 Å². The van der Waals surface area contributed by atoms with Crippen LogP contribution in [0.3, 0.4) is 0 Å². The second-order valence-corrected chi connectivity index (χ2v) is 25.0. The van der Waals surface area contributed by atoms with Crippen molar-refractivity contribution in [2.45, 2.75) is 83.6 Å². The zero-order chi connectivity index (χ0) is 24.1. The van der Waals surface area contributed by atoms with Crippen LogP contribution >= 0.6 is 23.5 Å². The van der Waals surface area contributed by atoms with E-state index in [2.05, 4.69) is 62.5 Å². The second kappa shape index (κ2) is 15.9. The predicted molar refractivity (Wildman–Crippen MR) is 152 cm³/mol. The monoisotopic (exact) mass is 602 g/mol. The van der Waals surface area contributed by atoms with Gasteiger partial charge in [-0.25, -0.2) is 0 Å². The van der Waals surface area contributed by atoms with Crippen LogP contribution in [0, 0.1) is 0 Å². The first-order valence-electron chi connectivity index (χ1n) is 12.9. The molecule has 1 fully saturated rings. The molecule has 0 unspecified atom stereocenters. The van der Waals surface area contributed by atoms with Gasteiger partial charge in [-0.05, 0) is 0 Å². The fourth-order valence-electron chi connectivity index (χ4n) is 5.03. The third-order valence-corrected chi connectivity index (χ3v) is 25.6. The average molecular weight is 602 g/mol. The van der Waals surface area contributed by atoms with E-state index >= 15 is 0 Å². The van der Waals surface area contributed by atoms with Crippen LogP contribution in [0.4, 0.5) is 0 Å². The van der Waals surface area contributed by atoms with Gasteiger partial charge in [-0.2, -0.15) is 0 Å². The molecular formula is C27H46O3S2Sn. The van der Waals surface area contributed by atoms with Crippen molar-refractivity contribution in [2.75, 3.05) is 32.3 Å². The normalized spacial score (nSPS) is 15.6. The van der Waals surface area contributed by atoms with Gasteiger partial charge in [0.25, 0.3) is 0 Å². The van der Waals surface area contributed by atoms with Gasteiger partial charge in [-0.1, -0.05) is 0 Å². The molecule has 0 radical (unpaired) electrons. The van der Waals surface area contributed by atoms with Crippen molar-refractivity contribution in [3.8, 4) is 11.5 Å². The van der Waals surface area contributed by atoms with Crippen molar-refractivity contribution >= 4 is 45.5 Å². The average Bonchev–Trinajstić information content (AvgIpc) is 2.87. The van der Waals surface area contributed by atoms with E-state index in [9.17, 15) is 5.11 Å². The van der Waals surface area contributed by atoms with Crippen molar-refractivity contribution in [3.05, 3.63) is 29.3 Å². The molecule has 1 heterocycles. The van der Waals surface area contributed by atoms with Crippen LogP contribution < -0.4 is 9.47 Å². The Kier molecular flexibility index (Phi) is 14.1. The Hall–Kier alpha value is 0.0187. The Bertz CT molecular complexity index is 711. The van der Waals surface area contributed by atoms with Crippen LogP contribution in [0.5, 0.6) is 11.5 Å². The number of rotatable bonds is 15. The van der Waals surface area contributed by atoms with Gasteiger partial charge in [-0.3, -0.25) is 0 Å². The van der Waals surface area contributed by atoms with E-state index in [0.29, 0.717) is 4.58 Å². The Morgan fingerprint density at radius 2 is 1.55 bits per heavy atom. The Morgan fingerprint density at radius 1 is 0.970 bits per heavy atom. The molecule has 188 valence electrons. The van der Waals surface area contributed by atoms with E-state index in [1.165, 1.54) is 84.5 Å².